The van der Waals surface area contributed by atoms with E-state index in [1.807, 2.05) is 0 Å². The molecular formula is C16H19F3N6O2. The van der Waals surface area contributed by atoms with Crippen molar-refractivity contribution in [1.82, 2.24) is 20.2 Å². The number of rotatable bonds is 5. The zero-order valence-corrected chi connectivity index (χ0v) is 14.6. The molecule has 0 fully saturated rings. The maximum absolute atomic E-state index is 13.1. The lowest BCUT2D eigenvalue weighted by molar-refractivity contribution is -0.137. The van der Waals surface area contributed by atoms with Crippen molar-refractivity contribution in [3.63, 3.8) is 0 Å². The third kappa shape index (κ3) is 4.18. The fourth-order valence-electron chi connectivity index (χ4n) is 2.59. The van der Waals surface area contributed by atoms with Gasteiger partial charge in [0.25, 0.3) is 11.8 Å². The molecule has 0 aliphatic heterocycles. The minimum Gasteiger partial charge on any atom is -0.370 e. The lowest BCUT2D eigenvalue weighted by Gasteiger charge is -2.24. The Morgan fingerprint density at radius 3 is 2.56 bits per heavy atom. The van der Waals surface area contributed by atoms with Crippen molar-refractivity contribution in [3.8, 4) is 0 Å². The first-order valence-corrected chi connectivity index (χ1v) is 8.10. The van der Waals surface area contributed by atoms with Crippen LogP contribution in [-0.4, -0.2) is 45.2 Å². The maximum atomic E-state index is 13.1. The fourth-order valence-corrected chi connectivity index (χ4v) is 2.59. The molecule has 0 aliphatic carbocycles. The van der Waals surface area contributed by atoms with Gasteiger partial charge in [-0.05, 0) is 25.5 Å². The number of aromatic amines is 1. The number of alkyl halides is 3. The van der Waals surface area contributed by atoms with Gasteiger partial charge >= 0.3 is 6.18 Å². The number of guanidine groups is 1. The molecule has 1 unspecified atom stereocenters. The third-order valence-electron chi connectivity index (χ3n) is 3.98. The van der Waals surface area contributed by atoms with E-state index >= 15 is 0 Å². The van der Waals surface area contributed by atoms with E-state index < -0.39 is 35.6 Å². The number of carbonyl (C=O) groups is 2. The number of aromatic nitrogens is 2. The van der Waals surface area contributed by atoms with Gasteiger partial charge in [0.15, 0.2) is 5.96 Å². The fraction of sp³-hybridized carbons (Fsp3) is 0.375. The van der Waals surface area contributed by atoms with Crippen LogP contribution in [0.4, 0.5) is 13.2 Å². The first-order valence-electron chi connectivity index (χ1n) is 8.10. The number of halogens is 3. The molecule has 8 nitrogen and oxygen atoms in total. The third-order valence-corrected chi connectivity index (χ3v) is 3.98. The van der Waals surface area contributed by atoms with E-state index in [4.69, 9.17) is 11.1 Å². The van der Waals surface area contributed by atoms with E-state index in [0.717, 1.165) is 11.0 Å². The summed E-state index contributed by atoms with van der Waals surface area (Å²) in [5.41, 5.74) is 4.14. The number of amides is 2. The molecule has 2 rings (SSSR count). The summed E-state index contributed by atoms with van der Waals surface area (Å²) in [6.45, 7) is 3.34. The Labute approximate surface area is 152 Å². The molecule has 0 spiro atoms. The van der Waals surface area contributed by atoms with Gasteiger partial charge in [0.1, 0.15) is 11.6 Å². The van der Waals surface area contributed by atoms with Gasteiger partial charge in [-0.2, -0.15) is 13.2 Å². The van der Waals surface area contributed by atoms with E-state index in [0.29, 0.717) is 6.07 Å². The van der Waals surface area contributed by atoms with Crippen LogP contribution in [0.2, 0.25) is 0 Å². The second-order valence-corrected chi connectivity index (χ2v) is 5.72. The Morgan fingerprint density at radius 2 is 2.04 bits per heavy atom. The van der Waals surface area contributed by atoms with Gasteiger partial charge in [-0.25, -0.2) is 4.98 Å². The lowest BCUT2D eigenvalue weighted by atomic mass is 10.1. The molecule has 0 aliphatic rings. The average molecular weight is 384 g/mol. The van der Waals surface area contributed by atoms with Crippen molar-refractivity contribution >= 4 is 28.8 Å². The largest absolute Gasteiger partial charge is 0.416 e. The summed E-state index contributed by atoms with van der Waals surface area (Å²) in [6, 6.07) is 0.499. The standard InChI is InChI=1S/C16H19F3N6O2/c1-3-10(14(27)25(4-2)15(20)21)24-13(26)9-5-8(16(17,18)19)6-11-12(9)23-7-22-11/h5-7,10H,3-4H2,1-2H3,(H3,20,21)(H,22,23)(H,24,26). The van der Waals surface area contributed by atoms with Crippen LogP contribution in [0.25, 0.3) is 11.0 Å². The summed E-state index contributed by atoms with van der Waals surface area (Å²) in [5.74, 6) is -1.98. The molecule has 2 aromatic rings. The Kier molecular flexibility index (Phi) is 5.72. The number of H-pyrrole nitrogens is 1. The van der Waals surface area contributed by atoms with Gasteiger partial charge in [0, 0.05) is 6.54 Å². The van der Waals surface area contributed by atoms with Crippen LogP contribution in [0.3, 0.4) is 0 Å². The molecule has 2 amide bonds. The highest BCUT2D eigenvalue weighted by molar-refractivity contribution is 6.07. The summed E-state index contributed by atoms with van der Waals surface area (Å²) < 4.78 is 39.3. The molecule has 146 valence electrons. The summed E-state index contributed by atoms with van der Waals surface area (Å²) in [4.78, 5) is 32.4. The van der Waals surface area contributed by atoms with Crippen LogP contribution in [0.1, 0.15) is 36.2 Å². The second-order valence-electron chi connectivity index (χ2n) is 5.72. The molecule has 5 N–H and O–H groups in total. The predicted octanol–water partition coefficient (Wildman–Crippen LogP) is 1.83. The highest BCUT2D eigenvalue weighted by atomic mass is 19.4. The maximum Gasteiger partial charge on any atom is 0.416 e. The monoisotopic (exact) mass is 384 g/mol. The predicted molar refractivity (Wildman–Crippen MR) is 91.9 cm³/mol. The Balaban J connectivity index is 2.38. The molecule has 11 heteroatoms. The minimum atomic E-state index is -4.65. The first kappa shape index (κ1) is 20.2. The van der Waals surface area contributed by atoms with Crippen LogP contribution < -0.4 is 11.1 Å². The molecule has 1 atom stereocenters. The zero-order valence-electron chi connectivity index (χ0n) is 14.6. The average Bonchev–Trinajstić information content (AvgIpc) is 3.06. The topological polar surface area (TPSA) is 128 Å². The highest BCUT2D eigenvalue weighted by Crippen LogP contribution is 2.32. The first-order chi connectivity index (χ1) is 12.6. The molecule has 1 aromatic carbocycles. The van der Waals surface area contributed by atoms with Crippen molar-refractivity contribution in [2.24, 2.45) is 5.73 Å². The van der Waals surface area contributed by atoms with Crippen LogP contribution in [-0.2, 0) is 11.0 Å². The Hall–Kier alpha value is -3.11. The lowest BCUT2D eigenvalue weighted by Crippen LogP contribution is -2.52. The van der Waals surface area contributed by atoms with Gasteiger partial charge in [-0.3, -0.25) is 19.9 Å². The number of carbonyl (C=O) groups excluding carboxylic acids is 2. The van der Waals surface area contributed by atoms with Crippen molar-refractivity contribution in [3.05, 3.63) is 29.6 Å². The van der Waals surface area contributed by atoms with Crippen molar-refractivity contribution in [2.45, 2.75) is 32.5 Å². The smallest absolute Gasteiger partial charge is 0.370 e. The van der Waals surface area contributed by atoms with Crippen molar-refractivity contribution in [2.75, 3.05) is 6.54 Å². The number of hydrogen-bond acceptors (Lipinski definition) is 4. The highest BCUT2D eigenvalue weighted by Gasteiger charge is 2.33. The summed E-state index contributed by atoms with van der Waals surface area (Å²) in [6.07, 6.45) is -3.31. The van der Waals surface area contributed by atoms with Crippen LogP contribution in [0, 0.1) is 5.41 Å². The van der Waals surface area contributed by atoms with Crippen LogP contribution in [0.15, 0.2) is 18.5 Å². The zero-order chi connectivity index (χ0) is 20.4. The number of imidazole rings is 1. The van der Waals surface area contributed by atoms with Gasteiger partial charge < -0.3 is 16.0 Å². The number of benzene rings is 1. The van der Waals surface area contributed by atoms with Gasteiger partial charge in [0.2, 0.25) is 0 Å². The molecule has 1 aromatic heterocycles. The summed E-state index contributed by atoms with van der Waals surface area (Å²) in [7, 11) is 0. The van der Waals surface area contributed by atoms with Gasteiger partial charge in [-0.15, -0.1) is 0 Å². The molecule has 1 heterocycles. The number of nitrogens with zero attached hydrogens (tertiary/aromatic N) is 2. The van der Waals surface area contributed by atoms with Crippen LogP contribution >= 0.6 is 0 Å². The Morgan fingerprint density at radius 1 is 1.37 bits per heavy atom. The Bertz CT molecular complexity index is 877. The minimum absolute atomic E-state index is 0.0493. The van der Waals surface area contributed by atoms with Crippen molar-refractivity contribution in [1.29, 1.82) is 5.41 Å². The van der Waals surface area contributed by atoms with E-state index in [-0.39, 0.29) is 29.6 Å². The quantitative estimate of drug-likeness (QED) is 0.463. The molecular weight excluding hydrogens is 365 g/mol. The SMILES string of the molecule is CCC(NC(=O)c1cc(C(F)(F)F)cc2[nH]cnc12)C(=O)N(CC)C(=N)N. The molecule has 0 saturated carbocycles. The summed E-state index contributed by atoms with van der Waals surface area (Å²) >= 11 is 0. The van der Waals surface area contributed by atoms with Crippen molar-refractivity contribution < 1.29 is 22.8 Å². The number of fused-ring (bicyclic) bond motifs is 1. The second kappa shape index (κ2) is 7.64. The van der Waals surface area contributed by atoms with E-state index in [9.17, 15) is 22.8 Å². The van der Waals surface area contributed by atoms with Gasteiger partial charge in [0.05, 0.1) is 23.0 Å². The summed E-state index contributed by atoms with van der Waals surface area (Å²) in [5, 5.41) is 9.82. The number of hydrogen-bond donors (Lipinski definition) is 4. The van der Waals surface area contributed by atoms with E-state index in [2.05, 4.69) is 15.3 Å². The number of likely N-dealkylation sites (N-methyl/N-ethyl adjacent to an activating group) is 1. The molecule has 0 radical (unpaired) electrons. The van der Waals surface area contributed by atoms with Gasteiger partial charge in [-0.1, -0.05) is 6.92 Å². The normalized spacial score (nSPS) is 12.6. The molecule has 0 bridgehead atoms. The van der Waals surface area contributed by atoms with E-state index in [1.165, 1.54) is 6.33 Å². The molecule has 27 heavy (non-hydrogen) atoms. The van der Waals surface area contributed by atoms with E-state index in [1.54, 1.807) is 13.8 Å². The molecule has 0 saturated heterocycles. The van der Waals surface area contributed by atoms with Crippen LogP contribution in [0.5, 0.6) is 0 Å². The number of nitrogens with two attached hydrogens (primary N) is 1. The number of nitrogens with one attached hydrogen (secondary N) is 3.